The van der Waals surface area contributed by atoms with E-state index in [1.807, 2.05) is 0 Å². The number of hydrogen-bond acceptors (Lipinski definition) is 6. The van der Waals surface area contributed by atoms with Crippen molar-refractivity contribution in [3.05, 3.63) is 15.8 Å². The highest BCUT2D eigenvalue weighted by Crippen LogP contribution is 2.30. The summed E-state index contributed by atoms with van der Waals surface area (Å²) in [6.07, 6.45) is 1.39. The van der Waals surface area contributed by atoms with Crippen molar-refractivity contribution in [2.45, 2.75) is 36.8 Å². The molecular formula is C12H17NO5S2. The van der Waals surface area contributed by atoms with Crippen molar-refractivity contribution in [2.75, 3.05) is 14.2 Å². The number of sulfonamides is 1. The molecule has 0 amide bonds. The van der Waals surface area contributed by atoms with Crippen LogP contribution in [0.3, 0.4) is 0 Å². The van der Waals surface area contributed by atoms with E-state index in [0.29, 0.717) is 18.4 Å². The predicted octanol–water partition coefficient (Wildman–Crippen LogP) is 1.30. The zero-order valence-corrected chi connectivity index (χ0v) is 13.1. The molecule has 2 rings (SSSR count). The van der Waals surface area contributed by atoms with E-state index in [0.717, 1.165) is 11.3 Å². The summed E-state index contributed by atoms with van der Waals surface area (Å²) in [6.45, 7) is 1.66. The minimum Gasteiger partial charge on any atom is -0.465 e. The first-order valence-electron chi connectivity index (χ1n) is 6.10. The number of hydrogen-bond donors (Lipinski definition) is 1. The van der Waals surface area contributed by atoms with Crippen LogP contribution >= 0.6 is 11.3 Å². The monoisotopic (exact) mass is 319 g/mol. The smallest absolute Gasteiger partial charge is 0.349 e. The van der Waals surface area contributed by atoms with Crippen molar-refractivity contribution >= 4 is 27.3 Å². The summed E-state index contributed by atoms with van der Waals surface area (Å²) in [7, 11) is -0.884. The lowest BCUT2D eigenvalue weighted by atomic mass is 9.90. The third kappa shape index (κ3) is 2.88. The number of thiophene rings is 1. The van der Waals surface area contributed by atoms with E-state index in [1.54, 1.807) is 19.4 Å². The van der Waals surface area contributed by atoms with Gasteiger partial charge in [-0.1, -0.05) is 0 Å². The molecule has 0 atom stereocenters. The van der Waals surface area contributed by atoms with Gasteiger partial charge in [0.15, 0.2) is 0 Å². The van der Waals surface area contributed by atoms with E-state index in [9.17, 15) is 13.2 Å². The van der Waals surface area contributed by atoms with Crippen molar-refractivity contribution in [2.24, 2.45) is 0 Å². The molecule has 0 radical (unpaired) electrons. The Bertz CT molecular complexity index is 601. The number of esters is 1. The minimum atomic E-state index is -3.72. The van der Waals surface area contributed by atoms with Gasteiger partial charge in [-0.2, -0.15) is 0 Å². The molecule has 1 aromatic rings. The Morgan fingerprint density at radius 1 is 1.40 bits per heavy atom. The van der Waals surface area contributed by atoms with Crippen molar-refractivity contribution in [1.29, 1.82) is 0 Å². The third-order valence-corrected chi connectivity index (χ3v) is 6.22. The number of carbonyl (C=O) groups is 1. The van der Waals surface area contributed by atoms with E-state index in [4.69, 9.17) is 4.74 Å². The highest BCUT2D eigenvalue weighted by atomic mass is 32.2. The van der Waals surface area contributed by atoms with Crippen LogP contribution in [0.2, 0.25) is 0 Å². The summed E-state index contributed by atoms with van der Waals surface area (Å²) in [6, 6.07) is -0.144. The summed E-state index contributed by atoms with van der Waals surface area (Å²) < 4.78 is 37.2. The lowest BCUT2D eigenvalue weighted by molar-refractivity contribution is 0.0236. The fourth-order valence-electron chi connectivity index (χ4n) is 2.13. The molecule has 0 unspecified atom stereocenters. The summed E-state index contributed by atoms with van der Waals surface area (Å²) in [5, 5.41) is 1.64. The van der Waals surface area contributed by atoms with Crippen LogP contribution in [0.4, 0.5) is 0 Å². The molecule has 1 N–H and O–H groups in total. The van der Waals surface area contributed by atoms with Gasteiger partial charge in [0.25, 0.3) is 0 Å². The molecule has 0 spiro atoms. The molecule has 8 heteroatoms. The van der Waals surface area contributed by atoms with Crippen LogP contribution in [-0.4, -0.2) is 40.8 Å². The maximum absolute atomic E-state index is 12.4. The molecule has 112 valence electrons. The van der Waals surface area contributed by atoms with Crippen molar-refractivity contribution < 1.29 is 22.7 Å². The molecule has 1 heterocycles. The van der Waals surface area contributed by atoms with Gasteiger partial charge in [-0.05, 0) is 30.7 Å². The van der Waals surface area contributed by atoms with E-state index >= 15 is 0 Å². The second-order valence-electron chi connectivity index (χ2n) is 4.72. The number of carbonyl (C=O) groups excluding carboxylic acids is 1. The maximum atomic E-state index is 12.4. The highest BCUT2D eigenvalue weighted by molar-refractivity contribution is 7.89. The average Bonchev–Trinajstić information content (AvgIpc) is 2.75. The van der Waals surface area contributed by atoms with Crippen molar-refractivity contribution in [1.82, 2.24) is 4.72 Å². The quantitative estimate of drug-likeness (QED) is 0.827. The maximum Gasteiger partial charge on any atom is 0.349 e. The van der Waals surface area contributed by atoms with Gasteiger partial charge in [-0.25, -0.2) is 17.9 Å². The molecule has 1 fully saturated rings. The highest BCUT2D eigenvalue weighted by Gasteiger charge is 2.35. The van der Waals surface area contributed by atoms with E-state index in [2.05, 4.69) is 9.46 Å². The second-order valence-corrected chi connectivity index (χ2v) is 7.25. The first-order valence-corrected chi connectivity index (χ1v) is 8.47. The van der Waals surface area contributed by atoms with Gasteiger partial charge >= 0.3 is 5.97 Å². The molecule has 20 heavy (non-hydrogen) atoms. The Labute approximate surface area is 122 Å². The van der Waals surface area contributed by atoms with Gasteiger partial charge in [0, 0.05) is 13.2 Å². The van der Waals surface area contributed by atoms with Crippen LogP contribution in [-0.2, 0) is 19.5 Å². The number of aryl methyl sites for hydroxylation is 1. The lowest BCUT2D eigenvalue weighted by Crippen LogP contribution is -2.47. The van der Waals surface area contributed by atoms with E-state index < -0.39 is 16.0 Å². The zero-order chi connectivity index (χ0) is 14.9. The van der Waals surface area contributed by atoms with Gasteiger partial charge in [0.2, 0.25) is 10.0 Å². The Balaban J connectivity index is 2.22. The topological polar surface area (TPSA) is 81.7 Å². The first kappa shape index (κ1) is 15.4. The van der Waals surface area contributed by atoms with Crippen LogP contribution in [0.1, 0.15) is 28.1 Å². The average molecular weight is 319 g/mol. The van der Waals surface area contributed by atoms with Gasteiger partial charge in [0.05, 0.1) is 13.2 Å². The standard InChI is InChI=1S/C12H17NO5S2/c1-7-6-19-10(12(14)18-3)11(7)20(15,16)13-8-4-9(5-8)17-2/h6,8-9,13H,4-5H2,1-3H3. The van der Waals surface area contributed by atoms with E-state index in [1.165, 1.54) is 7.11 Å². The van der Waals surface area contributed by atoms with Gasteiger partial charge in [-0.15, -0.1) is 11.3 Å². The fourth-order valence-corrected chi connectivity index (χ4v) is 5.10. The molecule has 0 aromatic carbocycles. The summed E-state index contributed by atoms with van der Waals surface area (Å²) in [5.41, 5.74) is 0.547. The number of methoxy groups -OCH3 is 2. The van der Waals surface area contributed by atoms with Gasteiger partial charge in [-0.3, -0.25) is 0 Å². The Kier molecular flexibility index (Phi) is 4.48. The molecule has 0 bridgehead atoms. The molecule has 1 saturated carbocycles. The summed E-state index contributed by atoms with van der Waals surface area (Å²) >= 11 is 1.08. The molecule has 1 aliphatic carbocycles. The Morgan fingerprint density at radius 3 is 2.60 bits per heavy atom. The number of rotatable bonds is 5. The second kappa shape index (κ2) is 5.80. The Hall–Kier alpha value is -0.960. The normalized spacial score (nSPS) is 22.4. The minimum absolute atomic E-state index is 0.0233. The summed E-state index contributed by atoms with van der Waals surface area (Å²) in [5.74, 6) is -0.633. The zero-order valence-electron chi connectivity index (χ0n) is 11.5. The largest absolute Gasteiger partial charge is 0.465 e. The molecular weight excluding hydrogens is 302 g/mol. The van der Waals surface area contributed by atoms with E-state index in [-0.39, 0.29) is 21.9 Å². The third-order valence-electron chi connectivity index (χ3n) is 3.31. The first-order chi connectivity index (χ1) is 9.39. The van der Waals surface area contributed by atoms with Gasteiger partial charge in [0.1, 0.15) is 9.77 Å². The molecule has 1 aliphatic rings. The Morgan fingerprint density at radius 2 is 2.05 bits per heavy atom. The summed E-state index contributed by atoms with van der Waals surface area (Å²) in [4.78, 5) is 11.8. The molecule has 0 saturated heterocycles. The number of nitrogens with one attached hydrogen (secondary N) is 1. The van der Waals surface area contributed by atoms with Crippen molar-refractivity contribution in [3.8, 4) is 0 Å². The molecule has 6 nitrogen and oxygen atoms in total. The fraction of sp³-hybridized carbons (Fsp3) is 0.583. The molecule has 0 aliphatic heterocycles. The lowest BCUT2D eigenvalue weighted by Gasteiger charge is -2.34. The SMILES string of the molecule is COC(=O)c1scc(C)c1S(=O)(=O)NC1CC(OC)C1. The number of ether oxygens (including phenoxy) is 2. The van der Waals surface area contributed by atoms with Crippen LogP contribution in [0, 0.1) is 6.92 Å². The van der Waals surface area contributed by atoms with Crippen molar-refractivity contribution in [3.63, 3.8) is 0 Å². The van der Waals surface area contributed by atoms with Crippen LogP contribution in [0.15, 0.2) is 10.3 Å². The van der Waals surface area contributed by atoms with Crippen LogP contribution in [0.5, 0.6) is 0 Å². The predicted molar refractivity (Wildman–Crippen MR) is 74.5 cm³/mol. The van der Waals surface area contributed by atoms with Crippen LogP contribution in [0.25, 0.3) is 0 Å². The van der Waals surface area contributed by atoms with Crippen LogP contribution < -0.4 is 4.72 Å². The van der Waals surface area contributed by atoms with Gasteiger partial charge < -0.3 is 9.47 Å². The molecule has 1 aromatic heterocycles.